The highest BCUT2D eigenvalue weighted by molar-refractivity contribution is 7.86. The van der Waals surface area contributed by atoms with Gasteiger partial charge >= 0.3 is 0 Å². The molecule has 3 N–H and O–H groups in total. The predicted molar refractivity (Wildman–Crippen MR) is 77.2 cm³/mol. The molecule has 104 valence electrons. The smallest absolute Gasteiger partial charge is 0.237 e. The number of amides is 1. The highest BCUT2D eigenvalue weighted by atomic mass is 32.2. The van der Waals surface area contributed by atoms with E-state index in [2.05, 4.69) is 5.32 Å². The number of nitrogen functional groups attached to an aromatic ring is 1. The molecule has 20 heavy (non-hydrogen) atoms. The van der Waals surface area contributed by atoms with E-state index in [1.54, 1.807) is 24.3 Å². The van der Waals surface area contributed by atoms with Gasteiger partial charge in [-0.1, -0.05) is 12.1 Å². The van der Waals surface area contributed by atoms with Crippen molar-refractivity contribution in [3.8, 4) is 0 Å². The van der Waals surface area contributed by atoms with E-state index in [0.29, 0.717) is 16.3 Å². The maximum atomic E-state index is 12.7. The average Bonchev–Trinajstić information content (AvgIpc) is 2.41. The molecular formula is C14H13FN2O2S. The standard InChI is InChI=1S/C14H13FN2O2S/c15-10-5-7-11(8-6-10)17-14(18)9-20(19)13-4-2-1-3-12(13)16/h1-8H,9,16H2,(H,17,18). The van der Waals surface area contributed by atoms with E-state index in [1.165, 1.54) is 24.3 Å². The normalized spacial score (nSPS) is 11.8. The van der Waals surface area contributed by atoms with Crippen molar-refractivity contribution in [2.75, 3.05) is 16.8 Å². The number of rotatable bonds is 4. The van der Waals surface area contributed by atoms with Crippen molar-refractivity contribution >= 4 is 28.1 Å². The van der Waals surface area contributed by atoms with Crippen LogP contribution >= 0.6 is 0 Å². The van der Waals surface area contributed by atoms with Gasteiger partial charge in [-0.05, 0) is 36.4 Å². The molecule has 0 aromatic heterocycles. The molecule has 2 aromatic carbocycles. The molecular weight excluding hydrogens is 279 g/mol. The second-order valence-corrected chi connectivity index (χ2v) is 5.50. The van der Waals surface area contributed by atoms with Crippen molar-refractivity contribution in [1.29, 1.82) is 0 Å². The maximum absolute atomic E-state index is 12.7. The van der Waals surface area contributed by atoms with Gasteiger partial charge in [-0.15, -0.1) is 0 Å². The largest absolute Gasteiger partial charge is 0.398 e. The van der Waals surface area contributed by atoms with E-state index < -0.39 is 16.7 Å². The van der Waals surface area contributed by atoms with Crippen molar-refractivity contribution in [3.63, 3.8) is 0 Å². The van der Waals surface area contributed by atoms with E-state index in [9.17, 15) is 13.4 Å². The lowest BCUT2D eigenvalue weighted by Crippen LogP contribution is -2.20. The van der Waals surface area contributed by atoms with Gasteiger partial charge in [0.2, 0.25) is 5.91 Å². The molecule has 2 rings (SSSR count). The van der Waals surface area contributed by atoms with Gasteiger partial charge in [0.15, 0.2) is 0 Å². The second-order valence-electron chi connectivity index (χ2n) is 4.08. The fourth-order valence-electron chi connectivity index (χ4n) is 1.61. The van der Waals surface area contributed by atoms with Gasteiger partial charge < -0.3 is 11.1 Å². The van der Waals surface area contributed by atoms with Crippen LogP contribution in [0.1, 0.15) is 0 Å². The number of hydrogen-bond acceptors (Lipinski definition) is 3. The summed E-state index contributed by atoms with van der Waals surface area (Å²) in [5.74, 6) is -1.01. The molecule has 0 heterocycles. The summed E-state index contributed by atoms with van der Waals surface area (Å²) in [7, 11) is -1.51. The first kappa shape index (κ1) is 14.2. The summed E-state index contributed by atoms with van der Waals surface area (Å²) in [6.45, 7) is 0. The van der Waals surface area contributed by atoms with Gasteiger partial charge in [0, 0.05) is 11.4 Å². The Bertz CT molecular complexity index is 644. The van der Waals surface area contributed by atoms with Crippen LogP contribution in [-0.4, -0.2) is 15.9 Å². The third-order valence-corrected chi connectivity index (χ3v) is 3.94. The first-order valence-corrected chi connectivity index (χ1v) is 7.16. The molecule has 1 atom stereocenters. The van der Waals surface area contributed by atoms with Crippen molar-refractivity contribution in [1.82, 2.24) is 0 Å². The first-order valence-electron chi connectivity index (χ1n) is 5.84. The summed E-state index contributed by atoms with van der Waals surface area (Å²) in [6, 6.07) is 12.0. The van der Waals surface area contributed by atoms with Crippen molar-refractivity contribution in [2.24, 2.45) is 0 Å². The molecule has 0 aliphatic carbocycles. The van der Waals surface area contributed by atoms with Crippen LogP contribution in [0.5, 0.6) is 0 Å². The monoisotopic (exact) mass is 292 g/mol. The summed E-state index contributed by atoms with van der Waals surface area (Å²) in [5.41, 5.74) is 6.54. The SMILES string of the molecule is Nc1ccccc1S(=O)CC(=O)Nc1ccc(F)cc1. The molecule has 0 saturated carbocycles. The quantitative estimate of drug-likeness (QED) is 0.848. The Labute approximate surface area is 118 Å². The van der Waals surface area contributed by atoms with Gasteiger partial charge in [0.05, 0.1) is 15.7 Å². The van der Waals surface area contributed by atoms with E-state index in [1.807, 2.05) is 0 Å². The lowest BCUT2D eigenvalue weighted by atomic mass is 10.3. The highest BCUT2D eigenvalue weighted by Crippen LogP contribution is 2.16. The molecule has 0 bridgehead atoms. The summed E-state index contributed by atoms with van der Waals surface area (Å²) in [5, 5.41) is 2.55. The molecule has 0 saturated heterocycles. The summed E-state index contributed by atoms with van der Waals surface area (Å²) < 4.78 is 24.8. The van der Waals surface area contributed by atoms with Crippen LogP contribution < -0.4 is 11.1 Å². The third kappa shape index (κ3) is 3.64. The Morgan fingerprint density at radius 1 is 1.15 bits per heavy atom. The Morgan fingerprint density at radius 3 is 2.45 bits per heavy atom. The molecule has 1 unspecified atom stereocenters. The van der Waals surface area contributed by atoms with Gasteiger partial charge in [-0.2, -0.15) is 0 Å². The van der Waals surface area contributed by atoms with E-state index in [0.717, 1.165) is 0 Å². The van der Waals surface area contributed by atoms with Crippen LogP contribution in [0.2, 0.25) is 0 Å². The van der Waals surface area contributed by atoms with E-state index in [4.69, 9.17) is 5.73 Å². The Morgan fingerprint density at radius 2 is 1.80 bits per heavy atom. The molecule has 6 heteroatoms. The van der Waals surface area contributed by atoms with Gasteiger partial charge in [0.1, 0.15) is 11.6 Å². The number of carbonyl (C=O) groups excluding carboxylic acids is 1. The molecule has 0 aliphatic heterocycles. The van der Waals surface area contributed by atoms with E-state index >= 15 is 0 Å². The number of halogens is 1. The zero-order valence-electron chi connectivity index (χ0n) is 10.5. The van der Waals surface area contributed by atoms with Crippen molar-refractivity contribution in [2.45, 2.75) is 4.90 Å². The van der Waals surface area contributed by atoms with Crippen LogP contribution in [0.3, 0.4) is 0 Å². The van der Waals surface area contributed by atoms with Gasteiger partial charge in [-0.3, -0.25) is 9.00 Å². The second kappa shape index (κ2) is 6.29. The topological polar surface area (TPSA) is 72.2 Å². The lowest BCUT2D eigenvalue weighted by molar-refractivity contribution is -0.113. The van der Waals surface area contributed by atoms with Gasteiger partial charge in [0.25, 0.3) is 0 Å². The molecule has 2 aromatic rings. The minimum Gasteiger partial charge on any atom is -0.398 e. The summed E-state index contributed by atoms with van der Waals surface area (Å²) in [4.78, 5) is 12.2. The molecule has 1 amide bonds. The van der Waals surface area contributed by atoms with Gasteiger partial charge in [-0.25, -0.2) is 4.39 Å². The minimum absolute atomic E-state index is 0.203. The zero-order chi connectivity index (χ0) is 14.5. The number of nitrogens with one attached hydrogen (secondary N) is 1. The number of nitrogens with two attached hydrogens (primary N) is 1. The third-order valence-electron chi connectivity index (χ3n) is 2.55. The summed E-state index contributed by atoms with van der Waals surface area (Å²) in [6.07, 6.45) is 0. The Balaban J connectivity index is 2.00. The predicted octanol–water partition coefficient (Wildman–Crippen LogP) is 2.15. The average molecular weight is 292 g/mol. The van der Waals surface area contributed by atoms with Crippen LogP contribution in [0.15, 0.2) is 53.4 Å². The molecule has 0 fully saturated rings. The van der Waals surface area contributed by atoms with Crippen LogP contribution in [0, 0.1) is 5.82 Å². The Kier molecular flexibility index (Phi) is 4.47. The zero-order valence-corrected chi connectivity index (χ0v) is 11.3. The number of anilines is 2. The minimum atomic E-state index is -1.51. The Hall–Kier alpha value is -2.21. The van der Waals surface area contributed by atoms with Crippen LogP contribution in [0.25, 0.3) is 0 Å². The molecule has 4 nitrogen and oxygen atoms in total. The number of benzene rings is 2. The molecule has 0 aliphatic rings. The number of carbonyl (C=O) groups is 1. The van der Waals surface area contributed by atoms with Crippen LogP contribution in [0.4, 0.5) is 15.8 Å². The van der Waals surface area contributed by atoms with Crippen molar-refractivity contribution < 1.29 is 13.4 Å². The molecule has 0 spiro atoms. The first-order chi connectivity index (χ1) is 9.56. The summed E-state index contributed by atoms with van der Waals surface area (Å²) >= 11 is 0. The fraction of sp³-hybridized carbons (Fsp3) is 0.0714. The fourth-order valence-corrected chi connectivity index (χ4v) is 2.64. The molecule has 0 radical (unpaired) electrons. The maximum Gasteiger partial charge on any atom is 0.237 e. The highest BCUT2D eigenvalue weighted by Gasteiger charge is 2.12. The number of para-hydroxylation sites is 1. The van der Waals surface area contributed by atoms with Crippen LogP contribution in [-0.2, 0) is 15.6 Å². The van der Waals surface area contributed by atoms with Crippen molar-refractivity contribution in [3.05, 3.63) is 54.3 Å². The van der Waals surface area contributed by atoms with E-state index in [-0.39, 0.29) is 11.6 Å². The lowest BCUT2D eigenvalue weighted by Gasteiger charge is -2.07. The number of hydrogen-bond donors (Lipinski definition) is 2.